The zero-order valence-corrected chi connectivity index (χ0v) is 9.15. The second kappa shape index (κ2) is 4.28. The van der Waals surface area contributed by atoms with Crippen molar-refractivity contribution in [2.45, 2.75) is 6.42 Å². The lowest BCUT2D eigenvalue weighted by Gasteiger charge is -2.04. The highest BCUT2D eigenvalue weighted by Gasteiger charge is 2.10. The number of nitrogens with zero attached hydrogens (tertiary/aromatic N) is 1. The Morgan fingerprint density at radius 3 is 2.71 bits per heavy atom. The van der Waals surface area contributed by atoms with Gasteiger partial charge in [-0.25, -0.2) is 0 Å². The molecule has 0 saturated heterocycles. The van der Waals surface area contributed by atoms with Gasteiger partial charge in [-0.05, 0) is 40.3 Å². The van der Waals surface area contributed by atoms with Crippen LogP contribution in [-0.4, -0.2) is 16.2 Å². The van der Waals surface area contributed by atoms with Gasteiger partial charge in [-0.15, -0.1) is 0 Å². The minimum Gasteiger partial charge on any atom is -0.508 e. The maximum absolute atomic E-state index is 10.5. The minimum absolute atomic E-state index is 0.0850. The largest absolute Gasteiger partial charge is 0.508 e. The van der Waals surface area contributed by atoms with Crippen LogP contribution in [0.25, 0.3) is 0 Å². The molecule has 0 bridgehead atoms. The predicted molar refractivity (Wildman–Crippen MR) is 56.9 cm³/mol. The smallest absolute Gasteiger partial charge is 0.307 e. The number of phenols is 1. The van der Waals surface area contributed by atoms with Crippen molar-refractivity contribution >= 4 is 28.6 Å². The molecule has 0 heterocycles. The summed E-state index contributed by atoms with van der Waals surface area (Å²) in [5, 5.41) is 26.5. The van der Waals surface area contributed by atoms with E-state index in [0.717, 1.165) is 0 Å². The molecule has 5 heteroatoms. The quantitative estimate of drug-likeness (QED) is 0.811. The third-order valence-electron chi connectivity index (χ3n) is 1.59. The van der Waals surface area contributed by atoms with Crippen LogP contribution in [0.2, 0.25) is 0 Å². The average molecular weight is 303 g/mol. The van der Waals surface area contributed by atoms with Gasteiger partial charge in [-0.1, -0.05) is 0 Å². The molecule has 1 aromatic carbocycles. The fraction of sp³-hybridized carbons (Fsp3) is 0.111. The molecule has 0 unspecified atom stereocenters. The Morgan fingerprint density at radius 1 is 1.57 bits per heavy atom. The monoisotopic (exact) mass is 303 g/mol. The Hall–Kier alpha value is -1.29. The normalized spacial score (nSPS) is 9.43. The van der Waals surface area contributed by atoms with Gasteiger partial charge in [-0.2, -0.15) is 5.26 Å². The molecular weight excluding hydrogens is 297 g/mol. The summed E-state index contributed by atoms with van der Waals surface area (Å²) in [4.78, 5) is 10.5. The van der Waals surface area contributed by atoms with E-state index in [9.17, 15) is 9.90 Å². The van der Waals surface area contributed by atoms with Crippen molar-refractivity contribution in [1.82, 2.24) is 0 Å². The van der Waals surface area contributed by atoms with E-state index < -0.39 is 5.97 Å². The second-order valence-electron chi connectivity index (χ2n) is 2.65. The number of benzene rings is 1. The third-order valence-corrected chi connectivity index (χ3v) is 2.87. The first-order chi connectivity index (χ1) is 6.54. The number of carbonyl (C=O) groups is 1. The van der Waals surface area contributed by atoms with Crippen LogP contribution in [0.1, 0.15) is 11.1 Å². The number of hydrogen-bond acceptors (Lipinski definition) is 3. The van der Waals surface area contributed by atoms with E-state index in [1.165, 1.54) is 12.1 Å². The van der Waals surface area contributed by atoms with Crippen LogP contribution in [0.15, 0.2) is 12.1 Å². The lowest BCUT2D eigenvalue weighted by Crippen LogP contribution is -2.03. The van der Waals surface area contributed by atoms with E-state index >= 15 is 0 Å². The highest BCUT2D eigenvalue weighted by molar-refractivity contribution is 14.1. The minimum atomic E-state index is -0.989. The van der Waals surface area contributed by atoms with E-state index in [1.54, 1.807) is 0 Å². The Balaban J connectivity index is 3.23. The molecule has 0 aliphatic heterocycles. The lowest BCUT2D eigenvalue weighted by molar-refractivity contribution is -0.136. The number of carboxylic acids is 1. The molecule has 1 aromatic rings. The van der Waals surface area contributed by atoms with Crippen molar-refractivity contribution in [3.05, 3.63) is 26.8 Å². The highest BCUT2D eigenvalue weighted by Crippen LogP contribution is 2.23. The van der Waals surface area contributed by atoms with E-state index in [4.69, 9.17) is 10.4 Å². The number of aliphatic carboxylic acids is 1. The summed E-state index contributed by atoms with van der Waals surface area (Å²) >= 11 is 1.89. The van der Waals surface area contributed by atoms with Crippen LogP contribution in [0.3, 0.4) is 0 Å². The fourth-order valence-corrected chi connectivity index (χ4v) is 1.66. The van der Waals surface area contributed by atoms with E-state index in [1.807, 2.05) is 28.7 Å². The molecular formula is C9H6INO3. The van der Waals surface area contributed by atoms with Crippen LogP contribution in [-0.2, 0) is 11.2 Å². The first-order valence-electron chi connectivity index (χ1n) is 3.68. The molecule has 14 heavy (non-hydrogen) atoms. The molecule has 4 nitrogen and oxygen atoms in total. The summed E-state index contributed by atoms with van der Waals surface area (Å²) in [5.74, 6) is -1.07. The van der Waals surface area contributed by atoms with Gasteiger partial charge < -0.3 is 10.2 Å². The summed E-state index contributed by atoms with van der Waals surface area (Å²) in [7, 11) is 0. The molecule has 0 aromatic heterocycles. The van der Waals surface area contributed by atoms with Crippen LogP contribution in [0.5, 0.6) is 5.75 Å². The Bertz CT molecular complexity index is 423. The zero-order chi connectivity index (χ0) is 10.7. The third kappa shape index (κ3) is 2.35. The summed E-state index contributed by atoms with van der Waals surface area (Å²) < 4.78 is 0.574. The Kier molecular flexibility index (Phi) is 3.30. The maximum atomic E-state index is 10.5. The predicted octanol–water partition coefficient (Wildman–Crippen LogP) is 1.50. The van der Waals surface area contributed by atoms with Gasteiger partial charge in [0.25, 0.3) is 0 Å². The molecule has 0 saturated carbocycles. The summed E-state index contributed by atoms with van der Waals surface area (Å²) in [5.41, 5.74) is 0.747. The number of aromatic hydroxyl groups is 1. The van der Waals surface area contributed by atoms with Crippen molar-refractivity contribution in [3.8, 4) is 11.8 Å². The van der Waals surface area contributed by atoms with Gasteiger partial charge in [0.15, 0.2) is 0 Å². The first-order valence-corrected chi connectivity index (χ1v) is 4.75. The highest BCUT2D eigenvalue weighted by atomic mass is 127. The van der Waals surface area contributed by atoms with Gasteiger partial charge in [0, 0.05) is 3.57 Å². The van der Waals surface area contributed by atoms with Crippen molar-refractivity contribution in [3.63, 3.8) is 0 Å². The van der Waals surface area contributed by atoms with Crippen molar-refractivity contribution in [2.24, 2.45) is 0 Å². The molecule has 2 N–H and O–H groups in total. The maximum Gasteiger partial charge on any atom is 0.307 e. The van der Waals surface area contributed by atoms with Crippen molar-refractivity contribution in [1.29, 1.82) is 5.26 Å². The lowest BCUT2D eigenvalue weighted by atomic mass is 10.1. The molecule has 0 amide bonds. The molecule has 0 aliphatic rings. The Morgan fingerprint density at radius 2 is 2.21 bits per heavy atom. The summed E-state index contributed by atoms with van der Waals surface area (Å²) in [6, 6.07) is 4.56. The molecule has 72 valence electrons. The topological polar surface area (TPSA) is 81.3 Å². The van der Waals surface area contributed by atoms with Gasteiger partial charge in [0.2, 0.25) is 0 Å². The van der Waals surface area contributed by atoms with Gasteiger partial charge >= 0.3 is 5.97 Å². The van der Waals surface area contributed by atoms with E-state index in [0.29, 0.717) is 14.7 Å². The van der Waals surface area contributed by atoms with Crippen LogP contribution < -0.4 is 0 Å². The standard InChI is InChI=1S/C9H6INO3/c10-9-5(3-8(13)14)1-7(12)2-6(9)4-11/h1-2,12H,3H2,(H,13,14). The van der Waals surface area contributed by atoms with E-state index in [-0.39, 0.29) is 12.2 Å². The van der Waals surface area contributed by atoms with Crippen molar-refractivity contribution in [2.75, 3.05) is 0 Å². The summed E-state index contributed by atoms with van der Waals surface area (Å²) in [6.45, 7) is 0. The number of nitriles is 1. The van der Waals surface area contributed by atoms with Crippen LogP contribution in [0, 0.1) is 14.9 Å². The molecule has 0 fully saturated rings. The van der Waals surface area contributed by atoms with Gasteiger partial charge in [0.05, 0.1) is 12.0 Å². The molecule has 0 aliphatic carbocycles. The van der Waals surface area contributed by atoms with Crippen LogP contribution >= 0.6 is 22.6 Å². The first kappa shape index (κ1) is 10.8. The molecule has 1 rings (SSSR count). The number of halogens is 1. The van der Waals surface area contributed by atoms with Gasteiger partial charge in [0.1, 0.15) is 11.8 Å². The second-order valence-corrected chi connectivity index (χ2v) is 3.73. The molecule has 0 atom stereocenters. The number of phenolic OH excluding ortho intramolecular Hbond substituents is 1. The SMILES string of the molecule is N#Cc1cc(O)cc(CC(=O)O)c1I. The van der Waals surface area contributed by atoms with Gasteiger partial charge in [-0.3, -0.25) is 4.79 Å². The number of hydrogen-bond donors (Lipinski definition) is 2. The molecule has 0 radical (unpaired) electrons. The zero-order valence-electron chi connectivity index (χ0n) is 6.99. The number of carboxylic acid groups (broad SMARTS) is 1. The summed E-state index contributed by atoms with van der Waals surface area (Å²) in [6.07, 6.45) is -0.193. The van der Waals surface area contributed by atoms with Crippen molar-refractivity contribution < 1.29 is 15.0 Å². The Labute approximate surface area is 93.9 Å². The number of rotatable bonds is 2. The fourth-order valence-electron chi connectivity index (χ4n) is 1.04. The van der Waals surface area contributed by atoms with Crippen LogP contribution in [0.4, 0.5) is 0 Å². The average Bonchev–Trinajstić information content (AvgIpc) is 2.09. The van der Waals surface area contributed by atoms with E-state index in [2.05, 4.69) is 0 Å². The molecule has 0 spiro atoms.